The van der Waals surface area contributed by atoms with Crippen LogP contribution in [0.1, 0.15) is 67.2 Å². The van der Waals surface area contributed by atoms with Gasteiger partial charge >= 0.3 is 6.09 Å². The Morgan fingerprint density at radius 1 is 1.22 bits per heavy atom. The van der Waals surface area contributed by atoms with Crippen molar-refractivity contribution >= 4 is 30.3 Å². The van der Waals surface area contributed by atoms with Crippen LogP contribution in [0.4, 0.5) is 4.79 Å². The number of aromatic nitrogens is 1. The first kappa shape index (κ1) is 26.9. The molecule has 0 aliphatic carbocycles. The summed E-state index contributed by atoms with van der Waals surface area (Å²) in [5.41, 5.74) is -0.649. The topological polar surface area (TPSA) is 78.8 Å². The fourth-order valence-electron chi connectivity index (χ4n) is 3.57. The van der Waals surface area contributed by atoms with Gasteiger partial charge < -0.3 is 23.8 Å². The number of halogens is 1. The van der Waals surface area contributed by atoms with Crippen molar-refractivity contribution < 1.29 is 18.7 Å². The van der Waals surface area contributed by atoms with Crippen LogP contribution in [0.3, 0.4) is 0 Å². The first-order chi connectivity index (χ1) is 14.3. The number of ether oxygens (including phenoxy) is 2. The summed E-state index contributed by atoms with van der Waals surface area (Å²) in [5, 5.41) is 3.01. The number of hydrogen-bond acceptors (Lipinski definition) is 5. The summed E-state index contributed by atoms with van der Waals surface area (Å²) in [6.07, 6.45) is 0.811. The SMILES string of the molecule is COc1c2n(cc(Br)c1=O)CC(NC(=O)OC(C)(C)C)C(C)(C)C2O[Si](C)(C)C(C)(C)C. The average molecular weight is 532 g/mol. The zero-order valence-corrected chi connectivity index (χ0v) is 23.9. The van der Waals surface area contributed by atoms with Gasteiger partial charge in [-0.15, -0.1) is 0 Å². The van der Waals surface area contributed by atoms with Crippen molar-refractivity contribution in [3.8, 4) is 5.75 Å². The highest BCUT2D eigenvalue weighted by Gasteiger charge is 2.51. The fourth-order valence-corrected chi connectivity index (χ4v) is 5.35. The Kier molecular flexibility index (Phi) is 7.40. The van der Waals surface area contributed by atoms with E-state index >= 15 is 0 Å². The lowest BCUT2D eigenvalue weighted by atomic mass is 9.74. The molecular weight excluding hydrogens is 492 g/mol. The molecule has 1 aromatic rings. The van der Waals surface area contributed by atoms with Crippen LogP contribution in [0.5, 0.6) is 5.75 Å². The van der Waals surface area contributed by atoms with Gasteiger partial charge in [-0.2, -0.15) is 0 Å². The molecule has 1 aliphatic rings. The summed E-state index contributed by atoms with van der Waals surface area (Å²) < 4.78 is 20.4. The van der Waals surface area contributed by atoms with E-state index in [0.717, 1.165) is 0 Å². The maximum Gasteiger partial charge on any atom is 0.407 e. The van der Waals surface area contributed by atoms with Crippen LogP contribution in [0, 0.1) is 5.41 Å². The summed E-state index contributed by atoms with van der Waals surface area (Å²) in [4.78, 5) is 25.6. The van der Waals surface area contributed by atoms with E-state index in [-0.39, 0.29) is 22.3 Å². The molecule has 1 N–H and O–H groups in total. The summed E-state index contributed by atoms with van der Waals surface area (Å²) in [6, 6.07) is -0.293. The maximum atomic E-state index is 12.9. The predicted octanol–water partition coefficient (Wildman–Crippen LogP) is 5.62. The van der Waals surface area contributed by atoms with Gasteiger partial charge in [-0.3, -0.25) is 4.79 Å². The number of hydrogen-bond donors (Lipinski definition) is 1. The smallest absolute Gasteiger partial charge is 0.407 e. The van der Waals surface area contributed by atoms with Crippen molar-refractivity contribution in [1.29, 1.82) is 0 Å². The van der Waals surface area contributed by atoms with Gasteiger partial charge in [-0.1, -0.05) is 34.6 Å². The summed E-state index contributed by atoms with van der Waals surface area (Å²) in [5.74, 6) is 0.270. The molecule has 32 heavy (non-hydrogen) atoms. The number of methoxy groups -OCH3 is 1. The Morgan fingerprint density at radius 3 is 2.25 bits per heavy atom. The van der Waals surface area contributed by atoms with E-state index in [1.807, 2.05) is 25.3 Å². The molecule has 0 fully saturated rings. The van der Waals surface area contributed by atoms with E-state index < -0.39 is 31.5 Å². The molecule has 1 amide bonds. The molecule has 0 radical (unpaired) electrons. The molecule has 0 saturated carbocycles. The van der Waals surface area contributed by atoms with E-state index in [4.69, 9.17) is 13.9 Å². The van der Waals surface area contributed by atoms with E-state index in [1.54, 1.807) is 6.20 Å². The average Bonchev–Trinajstić information content (AvgIpc) is 2.58. The van der Waals surface area contributed by atoms with Gasteiger partial charge in [-0.05, 0) is 54.8 Å². The normalized spacial score (nSPS) is 21.0. The van der Waals surface area contributed by atoms with Crippen molar-refractivity contribution in [3.05, 3.63) is 26.6 Å². The predicted molar refractivity (Wildman–Crippen MR) is 133 cm³/mol. The molecular formula is C23H39BrN2O5Si. The lowest BCUT2D eigenvalue weighted by molar-refractivity contribution is -0.00912. The molecule has 182 valence electrons. The standard InChI is InChI=1S/C23H39BrN2O5Si/c1-21(2,3)30-20(28)25-15-13-26-12-14(24)17(27)18(29-9)16(26)19(23(15,7)8)31-32(10,11)22(4,5)6/h12,15,19H,13H2,1-11H3,(H,25,28). The first-order valence-electron chi connectivity index (χ1n) is 11.0. The molecule has 0 spiro atoms. The van der Waals surface area contributed by atoms with Crippen LogP contribution in [-0.4, -0.2) is 37.7 Å². The second-order valence-electron chi connectivity index (χ2n) is 11.7. The van der Waals surface area contributed by atoms with Crippen LogP contribution < -0.4 is 15.5 Å². The van der Waals surface area contributed by atoms with Crippen LogP contribution in [-0.2, 0) is 15.7 Å². The summed E-state index contributed by atoms with van der Waals surface area (Å²) in [7, 11) is -0.745. The molecule has 2 unspecified atom stereocenters. The summed E-state index contributed by atoms with van der Waals surface area (Å²) in [6.45, 7) is 21.0. The third-order valence-electron chi connectivity index (χ3n) is 6.55. The minimum absolute atomic E-state index is 0.0393. The maximum absolute atomic E-state index is 12.9. The minimum Gasteiger partial charge on any atom is -0.491 e. The lowest BCUT2D eigenvalue weighted by Crippen LogP contribution is -2.57. The quantitative estimate of drug-likeness (QED) is 0.511. The Bertz CT molecular complexity index is 928. The van der Waals surface area contributed by atoms with E-state index in [0.29, 0.717) is 16.7 Å². The number of alkyl carbamates (subject to hydrolysis) is 1. The number of carbonyl (C=O) groups is 1. The van der Waals surface area contributed by atoms with Crippen molar-refractivity contribution in [1.82, 2.24) is 9.88 Å². The van der Waals surface area contributed by atoms with Crippen molar-refractivity contribution in [3.63, 3.8) is 0 Å². The third-order valence-corrected chi connectivity index (χ3v) is 11.6. The number of nitrogens with one attached hydrogen (secondary N) is 1. The fraction of sp³-hybridized carbons (Fsp3) is 0.739. The molecule has 2 rings (SSSR count). The van der Waals surface area contributed by atoms with Crippen LogP contribution in [0.15, 0.2) is 15.5 Å². The highest BCUT2D eigenvalue weighted by Crippen LogP contribution is 2.50. The Hall–Kier alpha value is -1.32. The number of rotatable bonds is 4. The Morgan fingerprint density at radius 2 is 1.78 bits per heavy atom. The monoisotopic (exact) mass is 530 g/mol. The van der Waals surface area contributed by atoms with Gasteiger partial charge in [0.1, 0.15) is 5.60 Å². The van der Waals surface area contributed by atoms with Gasteiger partial charge in [-0.25, -0.2) is 4.79 Å². The molecule has 7 nitrogen and oxygen atoms in total. The second-order valence-corrected chi connectivity index (χ2v) is 17.3. The van der Waals surface area contributed by atoms with Crippen molar-refractivity contribution in [2.24, 2.45) is 5.41 Å². The number of fused-ring (bicyclic) bond motifs is 1. The largest absolute Gasteiger partial charge is 0.491 e. The zero-order valence-electron chi connectivity index (χ0n) is 21.3. The number of nitrogens with zero attached hydrogens (tertiary/aromatic N) is 1. The molecule has 0 aromatic carbocycles. The number of pyridine rings is 1. The molecule has 9 heteroatoms. The third kappa shape index (κ3) is 5.42. The summed E-state index contributed by atoms with van der Waals surface area (Å²) >= 11 is 3.36. The van der Waals surface area contributed by atoms with Crippen LogP contribution in [0.25, 0.3) is 0 Å². The lowest BCUT2D eigenvalue weighted by Gasteiger charge is -2.50. The Balaban J connectivity index is 2.64. The number of carbonyl (C=O) groups excluding carboxylic acids is 1. The van der Waals surface area contributed by atoms with Crippen molar-refractivity contribution in [2.75, 3.05) is 7.11 Å². The molecule has 1 aromatic heterocycles. The first-order valence-corrected chi connectivity index (χ1v) is 14.7. The van der Waals surface area contributed by atoms with Crippen molar-refractivity contribution in [2.45, 2.75) is 97.8 Å². The van der Waals surface area contributed by atoms with Gasteiger partial charge in [0.15, 0.2) is 14.1 Å². The Labute approximate surface area is 201 Å². The minimum atomic E-state index is -2.25. The second kappa shape index (κ2) is 8.80. The molecule has 0 bridgehead atoms. The van der Waals surface area contributed by atoms with E-state index in [9.17, 15) is 9.59 Å². The van der Waals surface area contributed by atoms with Gasteiger partial charge in [0.05, 0.1) is 29.4 Å². The number of amides is 1. The van der Waals surface area contributed by atoms with Crippen LogP contribution in [0.2, 0.25) is 18.1 Å². The molecule has 1 aliphatic heterocycles. The van der Waals surface area contributed by atoms with E-state index in [1.165, 1.54) is 7.11 Å². The van der Waals surface area contributed by atoms with Crippen LogP contribution >= 0.6 is 15.9 Å². The molecule has 2 atom stereocenters. The molecule has 0 saturated heterocycles. The van der Waals surface area contributed by atoms with Gasteiger partial charge in [0, 0.05) is 18.2 Å². The zero-order chi connectivity index (χ0) is 24.9. The highest BCUT2D eigenvalue weighted by molar-refractivity contribution is 9.10. The highest BCUT2D eigenvalue weighted by atomic mass is 79.9. The van der Waals surface area contributed by atoms with Gasteiger partial charge in [0.25, 0.3) is 0 Å². The van der Waals surface area contributed by atoms with E-state index in [2.05, 4.69) is 69.0 Å². The molecule has 2 heterocycles. The van der Waals surface area contributed by atoms with Gasteiger partial charge in [0.2, 0.25) is 5.43 Å².